The van der Waals surface area contributed by atoms with Crippen LogP contribution in [0.25, 0.3) is 10.8 Å². The standard InChI is InChI=1S/C23H17N3O2/c27-22(18-13-12-16-7-1-2-8-17(16)15-18)25-20-10-4-3-9-19(20)23(28)26-21-11-5-6-14-24-21/h1-15H,(H,25,27)(H,24,26,28). The Balaban J connectivity index is 1.57. The minimum absolute atomic E-state index is 0.274. The Bertz CT molecular complexity index is 1160. The zero-order chi connectivity index (χ0) is 19.3. The Labute approximate surface area is 162 Å². The lowest BCUT2D eigenvalue weighted by atomic mass is 10.1. The number of rotatable bonds is 4. The number of hydrogen-bond donors (Lipinski definition) is 2. The van der Waals surface area contributed by atoms with E-state index in [4.69, 9.17) is 0 Å². The number of nitrogens with one attached hydrogen (secondary N) is 2. The molecule has 136 valence electrons. The maximum Gasteiger partial charge on any atom is 0.258 e. The summed E-state index contributed by atoms with van der Waals surface area (Å²) in [7, 11) is 0. The Morgan fingerprint density at radius 3 is 2.25 bits per heavy atom. The summed E-state index contributed by atoms with van der Waals surface area (Å²) in [6, 6.07) is 25.5. The van der Waals surface area contributed by atoms with Crippen molar-refractivity contribution >= 4 is 34.1 Å². The summed E-state index contributed by atoms with van der Waals surface area (Å²) in [6.45, 7) is 0. The van der Waals surface area contributed by atoms with Gasteiger partial charge in [-0.1, -0.05) is 48.5 Å². The van der Waals surface area contributed by atoms with Gasteiger partial charge < -0.3 is 10.6 Å². The lowest BCUT2D eigenvalue weighted by Gasteiger charge is -2.11. The van der Waals surface area contributed by atoms with Crippen LogP contribution in [0.5, 0.6) is 0 Å². The van der Waals surface area contributed by atoms with E-state index in [2.05, 4.69) is 15.6 Å². The number of amides is 2. The number of benzene rings is 3. The number of aromatic nitrogens is 1. The Hall–Kier alpha value is -3.99. The molecule has 5 nitrogen and oxygen atoms in total. The maximum absolute atomic E-state index is 12.7. The van der Waals surface area contributed by atoms with E-state index in [1.54, 1.807) is 54.7 Å². The van der Waals surface area contributed by atoms with Crippen molar-refractivity contribution in [1.29, 1.82) is 0 Å². The first-order valence-electron chi connectivity index (χ1n) is 8.82. The molecule has 28 heavy (non-hydrogen) atoms. The smallest absolute Gasteiger partial charge is 0.258 e. The Morgan fingerprint density at radius 1 is 0.679 bits per heavy atom. The Morgan fingerprint density at radius 2 is 1.43 bits per heavy atom. The van der Waals surface area contributed by atoms with Crippen molar-refractivity contribution in [2.24, 2.45) is 0 Å². The fraction of sp³-hybridized carbons (Fsp3) is 0. The van der Waals surface area contributed by atoms with Crippen LogP contribution in [0.15, 0.2) is 91.1 Å². The fourth-order valence-corrected chi connectivity index (χ4v) is 2.94. The van der Waals surface area contributed by atoms with Gasteiger partial charge in [-0.25, -0.2) is 4.98 Å². The second-order valence-electron chi connectivity index (χ2n) is 6.23. The van der Waals surface area contributed by atoms with Crippen molar-refractivity contribution in [3.05, 3.63) is 102 Å². The van der Waals surface area contributed by atoms with Crippen LogP contribution in [-0.2, 0) is 0 Å². The number of fused-ring (bicyclic) bond motifs is 1. The minimum Gasteiger partial charge on any atom is -0.321 e. The van der Waals surface area contributed by atoms with Crippen LogP contribution in [0, 0.1) is 0 Å². The molecular weight excluding hydrogens is 350 g/mol. The lowest BCUT2D eigenvalue weighted by Crippen LogP contribution is -2.18. The van der Waals surface area contributed by atoms with Crippen LogP contribution in [0.3, 0.4) is 0 Å². The molecule has 0 bridgehead atoms. The van der Waals surface area contributed by atoms with Crippen LogP contribution in [0.2, 0.25) is 0 Å². The number of carbonyl (C=O) groups excluding carboxylic acids is 2. The molecule has 5 heteroatoms. The molecule has 4 rings (SSSR count). The molecule has 0 aliphatic heterocycles. The molecule has 2 N–H and O–H groups in total. The molecule has 0 unspecified atom stereocenters. The number of carbonyl (C=O) groups is 2. The zero-order valence-electron chi connectivity index (χ0n) is 14.9. The van der Waals surface area contributed by atoms with Crippen molar-refractivity contribution in [3.8, 4) is 0 Å². The molecule has 2 amide bonds. The molecule has 0 fully saturated rings. The summed E-state index contributed by atoms with van der Waals surface area (Å²) in [5.41, 5.74) is 1.33. The number of nitrogens with zero attached hydrogens (tertiary/aromatic N) is 1. The van der Waals surface area contributed by atoms with E-state index in [1.165, 1.54) is 0 Å². The fourth-order valence-electron chi connectivity index (χ4n) is 2.94. The van der Waals surface area contributed by atoms with Gasteiger partial charge in [0.2, 0.25) is 0 Å². The van der Waals surface area contributed by atoms with Crippen LogP contribution < -0.4 is 10.6 Å². The predicted octanol–water partition coefficient (Wildman–Crippen LogP) is 4.74. The van der Waals surface area contributed by atoms with Gasteiger partial charge in [-0.05, 0) is 47.2 Å². The SMILES string of the molecule is O=C(Nc1ccccc1C(=O)Nc1ccccn1)c1ccc2ccccc2c1. The molecule has 0 spiro atoms. The molecule has 0 aliphatic rings. The third-order valence-corrected chi connectivity index (χ3v) is 4.34. The average Bonchev–Trinajstić information content (AvgIpc) is 2.74. The van der Waals surface area contributed by atoms with Crippen molar-refractivity contribution in [3.63, 3.8) is 0 Å². The summed E-state index contributed by atoms with van der Waals surface area (Å²) in [6.07, 6.45) is 1.60. The van der Waals surface area contributed by atoms with E-state index in [1.807, 2.05) is 36.4 Å². The molecule has 0 radical (unpaired) electrons. The van der Waals surface area contributed by atoms with Gasteiger partial charge in [-0.3, -0.25) is 9.59 Å². The maximum atomic E-state index is 12.7. The molecule has 0 aliphatic carbocycles. The first-order valence-corrected chi connectivity index (χ1v) is 8.82. The first kappa shape index (κ1) is 17.4. The van der Waals surface area contributed by atoms with Gasteiger partial charge in [0.05, 0.1) is 11.3 Å². The number of anilines is 2. The largest absolute Gasteiger partial charge is 0.321 e. The first-order chi connectivity index (χ1) is 13.7. The van der Waals surface area contributed by atoms with Crippen molar-refractivity contribution in [2.75, 3.05) is 10.6 Å². The van der Waals surface area contributed by atoms with Crippen LogP contribution >= 0.6 is 0 Å². The van der Waals surface area contributed by atoms with Crippen LogP contribution in [0.1, 0.15) is 20.7 Å². The number of para-hydroxylation sites is 1. The van der Waals surface area contributed by atoms with Gasteiger partial charge in [0, 0.05) is 11.8 Å². The summed E-state index contributed by atoms with van der Waals surface area (Å²) < 4.78 is 0. The summed E-state index contributed by atoms with van der Waals surface area (Å²) in [4.78, 5) is 29.5. The van der Waals surface area contributed by atoms with E-state index < -0.39 is 0 Å². The zero-order valence-corrected chi connectivity index (χ0v) is 14.9. The summed E-state index contributed by atoms with van der Waals surface area (Å²) in [5, 5.41) is 7.62. The quantitative estimate of drug-likeness (QED) is 0.547. The highest BCUT2D eigenvalue weighted by molar-refractivity contribution is 6.12. The van der Waals surface area contributed by atoms with E-state index in [-0.39, 0.29) is 11.8 Å². The summed E-state index contributed by atoms with van der Waals surface area (Å²) >= 11 is 0. The molecule has 1 aromatic heterocycles. The molecule has 4 aromatic rings. The highest BCUT2D eigenvalue weighted by Gasteiger charge is 2.15. The monoisotopic (exact) mass is 367 g/mol. The van der Waals surface area contributed by atoms with Gasteiger partial charge in [-0.15, -0.1) is 0 Å². The normalized spacial score (nSPS) is 10.4. The summed E-state index contributed by atoms with van der Waals surface area (Å²) in [5.74, 6) is -0.167. The topological polar surface area (TPSA) is 71.1 Å². The predicted molar refractivity (Wildman–Crippen MR) is 111 cm³/mol. The van der Waals surface area contributed by atoms with E-state index in [0.29, 0.717) is 22.6 Å². The van der Waals surface area contributed by atoms with Crippen molar-refractivity contribution < 1.29 is 9.59 Å². The van der Waals surface area contributed by atoms with Crippen molar-refractivity contribution in [2.45, 2.75) is 0 Å². The molecule has 0 saturated heterocycles. The van der Waals surface area contributed by atoms with E-state index >= 15 is 0 Å². The molecular formula is C23H17N3O2. The third-order valence-electron chi connectivity index (χ3n) is 4.34. The highest BCUT2D eigenvalue weighted by Crippen LogP contribution is 2.20. The second kappa shape index (κ2) is 7.72. The van der Waals surface area contributed by atoms with Gasteiger partial charge >= 0.3 is 0 Å². The lowest BCUT2D eigenvalue weighted by molar-refractivity contribution is 0.102. The van der Waals surface area contributed by atoms with Gasteiger partial charge in [0.15, 0.2) is 0 Å². The van der Waals surface area contributed by atoms with Gasteiger partial charge in [-0.2, -0.15) is 0 Å². The van der Waals surface area contributed by atoms with E-state index in [0.717, 1.165) is 10.8 Å². The molecule has 3 aromatic carbocycles. The third kappa shape index (κ3) is 3.73. The van der Waals surface area contributed by atoms with Gasteiger partial charge in [0.25, 0.3) is 11.8 Å². The van der Waals surface area contributed by atoms with Crippen LogP contribution in [-0.4, -0.2) is 16.8 Å². The minimum atomic E-state index is -0.340. The second-order valence-corrected chi connectivity index (χ2v) is 6.23. The van der Waals surface area contributed by atoms with Crippen LogP contribution in [0.4, 0.5) is 11.5 Å². The number of hydrogen-bond acceptors (Lipinski definition) is 3. The molecule has 1 heterocycles. The number of pyridine rings is 1. The van der Waals surface area contributed by atoms with Crippen molar-refractivity contribution in [1.82, 2.24) is 4.98 Å². The average molecular weight is 367 g/mol. The molecule has 0 atom stereocenters. The molecule has 0 saturated carbocycles. The Kier molecular flexibility index (Phi) is 4.80. The van der Waals surface area contributed by atoms with E-state index in [9.17, 15) is 9.59 Å². The van der Waals surface area contributed by atoms with Gasteiger partial charge in [0.1, 0.15) is 5.82 Å². The highest BCUT2D eigenvalue weighted by atomic mass is 16.2.